The quantitative estimate of drug-likeness (QED) is 0.806. The van der Waals surface area contributed by atoms with E-state index in [-0.39, 0.29) is 31.1 Å². The van der Waals surface area contributed by atoms with E-state index in [2.05, 4.69) is 21.2 Å². The fourth-order valence-corrected chi connectivity index (χ4v) is 3.81. The summed E-state index contributed by atoms with van der Waals surface area (Å²) in [5.41, 5.74) is 6.44. The minimum Gasteiger partial charge on any atom is -0.454 e. The lowest BCUT2D eigenvalue weighted by atomic mass is 9.84. The summed E-state index contributed by atoms with van der Waals surface area (Å²) in [6.45, 7) is 0.661. The minimum absolute atomic E-state index is 0. The number of benzene rings is 1. The average molecular weight is 406 g/mol. The standard InChI is InChI=1S/C16H21BrN2O3.ClH/c17-12-6-11(7-14-15(12)22-9-21-14)16(20)19-13(8-18)10-4-2-1-3-5-10;/h6-7,10,13H,1-5,8-9,18H2,(H,19,20);1H. The highest BCUT2D eigenvalue weighted by Gasteiger charge is 2.26. The molecule has 1 aliphatic heterocycles. The molecule has 0 saturated heterocycles. The number of halogens is 2. The van der Waals surface area contributed by atoms with Crippen molar-refractivity contribution >= 4 is 34.2 Å². The monoisotopic (exact) mass is 404 g/mol. The second-order valence-corrected chi connectivity index (χ2v) is 6.76. The SMILES string of the molecule is Cl.NCC(NC(=O)c1cc(Br)c2c(c1)OCO2)C1CCCCC1. The van der Waals surface area contributed by atoms with Gasteiger partial charge in [-0.1, -0.05) is 19.3 Å². The normalized spacial score (nSPS) is 18.2. The van der Waals surface area contributed by atoms with Gasteiger partial charge in [-0.3, -0.25) is 4.79 Å². The summed E-state index contributed by atoms with van der Waals surface area (Å²) < 4.78 is 11.4. The number of fused-ring (bicyclic) bond motifs is 1. The molecule has 1 amide bonds. The van der Waals surface area contributed by atoms with Gasteiger partial charge in [0.25, 0.3) is 5.91 Å². The maximum Gasteiger partial charge on any atom is 0.251 e. The summed E-state index contributed by atoms with van der Waals surface area (Å²) in [6.07, 6.45) is 6.04. The molecule has 1 aromatic rings. The second kappa shape index (κ2) is 8.22. The lowest BCUT2D eigenvalue weighted by Gasteiger charge is -2.30. The molecule has 128 valence electrons. The van der Waals surface area contributed by atoms with Gasteiger partial charge in [0.2, 0.25) is 6.79 Å². The molecule has 0 bridgehead atoms. The second-order valence-electron chi connectivity index (χ2n) is 5.91. The molecule has 1 aromatic carbocycles. The first kappa shape index (κ1) is 18.4. The molecule has 1 saturated carbocycles. The van der Waals surface area contributed by atoms with Crippen molar-refractivity contribution in [1.82, 2.24) is 5.32 Å². The van der Waals surface area contributed by atoms with Crippen LogP contribution in [0.2, 0.25) is 0 Å². The van der Waals surface area contributed by atoms with Crippen LogP contribution in [0.15, 0.2) is 16.6 Å². The number of ether oxygens (including phenoxy) is 2. The van der Waals surface area contributed by atoms with Crippen LogP contribution >= 0.6 is 28.3 Å². The summed E-state index contributed by atoms with van der Waals surface area (Å²) in [4.78, 5) is 12.5. The van der Waals surface area contributed by atoms with Gasteiger partial charge in [0.1, 0.15) is 0 Å². The van der Waals surface area contributed by atoms with Gasteiger partial charge in [-0.2, -0.15) is 0 Å². The summed E-state index contributed by atoms with van der Waals surface area (Å²) in [5, 5.41) is 3.09. The fraction of sp³-hybridized carbons (Fsp3) is 0.562. The molecule has 23 heavy (non-hydrogen) atoms. The van der Waals surface area contributed by atoms with Crippen LogP contribution < -0.4 is 20.5 Å². The number of hydrogen-bond donors (Lipinski definition) is 2. The molecule has 3 N–H and O–H groups in total. The highest BCUT2D eigenvalue weighted by molar-refractivity contribution is 9.10. The zero-order valence-electron chi connectivity index (χ0n) is 12.8. The van der Waals surface area contributed by atoms with Crippen molar-refractivity contribution in [2.75, 3.05) is 13.3 Å². The molecular weight excluding hydrogens is 384 g/mol. The molecule has 1 heterocycles. The molecule has 1 aliphatic carbocycles. The number of carbonyl (C=O) groups is 1. The average Bonchev–Trinajstić information content (AvgIpc) is 3.02. The van der Waals surface area contributed by atoms with Gasteiger partial charge in [0.05, 0.1) is 4.47 Å². The van der Waals surface area contributed by atoms with Crippen LogP contribution in [0, 0.1) is 5.92 Å². The molecule has 7 heteroatoms. The van der Waals surface area contributed by atoms with Gasteiger partial charge >= 0.3 is 0 Å². The topological polar surface area (TPSA) is 73.6 Å². The Morgan fingerprint density at radius 2 is 2.04 bits per heavy atom. The largest absolute Gasteiger partial charge is 0.454 e. The molecule has 0 spiro atoms. The Kier molecular flexibility index (Phi) is 6.56. The molecule has 5 nitrogen and oxygen atoms in total. The van der Waals surface area contributed by atoms with Gasteiger partial charge in [-0.05, 0) is 46.8 Å². The van der Waals surface area contributed by atoms with Crippen LogP contribution in [0.4, 0.5) is 0 Å². The van der Waals surface area contributed by atoms with Gasteiger partial charge in [-0.25, -0.2) is 0 Å². The van der Waals surface area contributed by atoms with E-state index in [1.165, 1.54) is 19.3 Å². The van der Waals surface area contributed by atoms with Crippen molar-refractivity contribution in [2.24, 2.45) is 11.7 Å². The lowest BCUT2D eigenvalue weighted by Crippen LogP contribution is -2.45. The van der Waals surface area contributed by atoms with Crippen molar-refractivity contribution in [3.63, 3.8) is 0 Å². The smallest absolute Gasteiger partial charge is 0.251 e. The summed E-state index contributed by atoms with van der Waals surface area (Å²) in [6, 6.07) is 3.52. The van der Waals surface area contributed by atoms with E-state index < -0.39 is 0 Å². The first-order valence-corrected chi connectivity index (χ1v) is 8.58. The Morgan fingerprint density at radius 1 is 1.30 bits per heavy atom. The number of hydrogen-bond acceptors (Lipinski definition) is 4. The Balaban J connectivity index is 0.00000192. The van der Waals surface area contributed by atoms with E-state index in [9.17, 15) is 4.79 Å². The third-order valence-corrected chi connectivity index (χ3v) is 5.07. The number of rotatable bonds is 4. The van der Waals surface area contributed by atoms with Crippen molar-refractivity contribution in [2.45, 2.75) is 38.1 Å². The molecular formula is C16H22BrClN2O3. The zero-order valence-corrected chi connectivity index (χ0v) is 15.2. The summed E-state index contributed by atoms with van der Waals surface area (Å²) in [5.74, 6) is 1.63. The van der Waals surface area contributed by atoms with Crippen LogP contribution in [0.3, 0.4) is 0 Å². The van der Waals surface area contributed by atoms with Crippen molar-refractivity contribution in [3.05, 3.63) is 22.2 Å². The predicted molar refractivity (Wildman–Crippen MR) is 94.4 cm³/mol. The van der Waals surface area contributed by atoms with E-state index in [0.29, 0.717) is 29.5 Å². The molecule has 1 unspecified atom stereocenters. The van der Waals surface area contributed by atoms with E-state index in [1.807, 2.05) is 0 Å². The summed E-state index contributed by atoms with van der Waals surface area (Å²) in [7, 11) is 0. The van der Waals surface area contributed by atoms with Crippen LogP contribution in [0.5, 0.6) is 11.5 Å². The van der Waals surface area contributed by atoms with E-state index >= 15 is 0 Å². The Bertz CT molecular complexity index is 565. The molecule has 1 atom stereocenters. The van der Waals surface area contributed by atoms with Gasteiger partial charge in [0, 0.05) is 18.2 Å². The number of nitrogens with two attached hydrogens (primary N) is 1. The Labute approximate surface area is 150 Å². The predicted octanol–water partition coefficient (Wildman–Crippen LogP) is 3.24. The lowest BCUT2D eigenvalue weighted by molar-refractivity contribution is 0.0915. The van der Waals surface area contributed by atoms with Crippen molar-refractivity contribution < 1.29 is 14.3 Å². The minimum atomic E-state index is -0.111. The number of amides is 1. The third-order valence-electron chi connectivity index (χ3n) is 4.48. The van der Waals surface area contributed by atoms with Gasteiger partial charge < -0.3 is 20.5 Å². The van der Waals surface area contributed by atoms with E-state index in [1.54, 1.807) is 12.1 Å². The van der Waals surface area contributed by atoms with Crippen molar-refractivity contribution in [3.8, 4) is 11.5 Å². The molecule has 1 fully saturated rings. The van der Waals surface area contributed by atoms with Crippen molar-refractivity contribution in [1.29, 1.82) is 0 Å². The summed E-state index contributed by atoms with van der Waals surface area (Å²) >= 11 is 3.42. The Morgan fingerprint density at radius 3 is 2.74 bits per heavy atom. The van der Waals surface area contributed by atoms with E-state index in [0.717, 1.165) is 17.3 Å². The highest BCUT2D eigenvalue weighted by atomic mass is 79.9. The van der Waals surface area contributed by atoms with Gasteiger partial charge in [-0.15, -0.1) is 12.4 Å². The first-order chi connectivity index (χ1) is 10.7. The fourth-order valence-electron chi connectivity index (χ4n) is 3.26. The molecule has 0 radical (unpaired) electrons. The van der Waals surface area contributed by atoms with Crippen LogP contribution in [-0.4, -0.2) is 25.3 Å². The molecule has 2 aliphatic rings. The third kappa shape index (κ3) is 4.11. The zero-order chi connectivity index (χ0) is 15.5. The van der Waals surface area contributed by atoms with Crippen LogP contribution in [0.1, 0.15) is 42.5 Å². The number of carbonyl (C=O) groups excluding carboxylic acids is 1. The van der Waals surface area contributed by atoms with E-state index in [4.69, 9.17) is 15.2 Å². The molecule has 0 aromatic heterocycles. The van der Waals surface area contributed by atoms with Crippen LogP contribution in [0.25, 0.3) is 0 Å². The van der Waals surface area contributed by atoms with Gasteiger partial charge in [0.15, 0.2) is 11.5 Å². The number of nitrogens with one attached hydrogen (secondary N) is 1. The first-order valence-electron chi connectivity index (χ1n) is 7.79. The maximum absolute atomic E-state index is 12.5. The Hall–Kier alpha value is -0.980. The maximum atomic E-state index is 12.5. The molecule has 3 rings (SSSR count). The van der Waals surface area contributed by atoms with Crippen LogP contribution in [-0.2, 0) is 0 Å². The highest BCUT2D eigenvalue weighted by Crippen LogP contribution is 2.40.